The summed E-state index contributed by atoms with van der Waals surface area (Å²) in [5.41, 5.74) is 1.28. The number of likely N-dealkylation sites (tertiary alicyclic amines) is 2. The van der Waals surface area contributed by atoms with E-state index in [1.165, 1.54) is 0 Å². The number of hydrogen-bond acceptors (Lipinski definition) is 15. The van der Waals surface area contributed by atoms with Crippen molar-refractivity contribution in [3.8, 4) is 23.0 Å². The van der Waals surface area contributed by atoms with E-state index in [9.17, 15) is 14.4 Å². The number of amides is 2. The number of carbonyl (C=O) groups is 3. The van der Waals surface area contributed by atoms with Crippen LogP contribution in [0.2, 0.25) is 0 Å². The van der Waals surface area contributed by atoms with Crippen LogP contribution in [0.15, 0.2) is 47.1 Å². The highest BCUT2D eigenvalue weighted by Crippen LogP contribution is 2.42. The zero-order valence-electron chi connectivity index (χ0n) is 44.9. The second kappa shape index (κ2) is 21.8. The molecular formula is C57H74FN9O8. The van der Waals surface area contributed by atoms with E-state index in [4.69, 9.17) is 38.4 Å². The van der Waals surface area contributed by atoms with Gasteiger partial charge in [-0.05, 0) is 138 Å². The Kier molecular flexibility index (Phi) is 15.2. The van der Waals surface area contributed by atoms with Gasteiger partial charge in [-0.2, -0.15) is 9.97 Å². The minimum absolute atomic E-state index is 0.00124. The lowest BCUT2D eigenvalue weighted by molar-refractivity contribution is -0.137. The summed E-state index contributed by atoms with van der Waals surface area (Å²) >= 11 is 0. The normalized spacial score (nSPS) is 21.5. The number of methoxy groups -OCH3 is 1. The first-order valence-corrected chi connectivity index (χ1v) is 27.3. The van der Waals surface area contributed by atoms with Crippen LogP contribution in [0.4, 0.5) is 20.8 Å². The van der Waals surface area contributed by atoms with Gasteiger partial charge in [0.2, 0.25) is 5.91 Å². The molecule has 8 heterocycles. The van der Waals surface area contributed by atoms with Crippen LogP contribution in [0.1, 0.15) is 111 Å². The Hall–Kier alpha value is -6.14. The molecule has 0 saturated carbocycles. The second-order valence-corrected chi connectivity index (χ2v) is 22.9. The summed E-state index contributed by atoms with van der Waals surface area (Å²) < 4.78 is 46.9. The van der Waals surface area contributed by atoms with Gasteiger partial charge < -0.3 is 43.0 Å². The van der Waals surface area contributed by atoms with Crippen LogP contribution in [0.5, 0.6) is 11.8 Å². The van der Waals surface area contributed by atoms with Crippen molar-refractivity contribution in [1.29, 1.82) is 0 Å². The fourth-order valence-corrected chi connectivity index (χ4v) is 12.4. The predicted octanol–water partition coefficient (Wildman–Crippen LogP) is 9.04. The number of rotatable bonds is 17. The summed E-state index contributed by atoms with van der Waals surface area (Å²) in [4.78, 5) is 63.8. The van der Waals surface area contributed by atoms with Crippen LogP contribution >= 0.6 is 0 Å². The maximum absolute atomic E-state index is 17.6. The van der Waals surface area contributed by atoms with Crippen LogP contribution in [0, 0.1) is 23.6 Å². The van der Waals surface area contributed by atoms with Crippen molar-refractivity contribution in [1.82, 2.24) is 34.8 Å². The van der Waals surface area contributed by atoms with Gasteiger partial charge in [-0.3, -0.25) is 19.6 Å². The molecule has 5 saturated heterocycles. The monoisotopic (exact) mass is 1030 g/mol. The molecule has 17 nitrogen and oxygen atoms in total. The van der Waals surface area contributed by atoms with Crippen molar-refractivity contribution in [3.63, 3.8) is 0 Å². The molecule has 5 aliphatic heterocycles. The number of aldehydes is 1. The van der Waals surface area contributed by atoms with E-state index >= 15 is 4.39 Å². The summed E-state index contributed by atoms with van der Waals surface area (Å²) in [6.45, 7) is 19.5. The molecule has 2 aromatic carbocycles. The predicted molar refractivity (Wildman–Crippen MR) is 284 cm³/mol. The Bertz CT molecular complexity index is 2860. The average molecular weight is 1030 g/mol. The minimum Gasteiger partial charge on any atom is -0.468 e. The summed E-state index contributed by atoms with van der Waals surface area (Å²) in [5.74, 6) is 2.43. The number of piperazine rings is 1. The number of fused-ring (bicyclic) bond motifs is 4. The molecule has 3 unspecified atom stereocenters. The van der Waals surface area contributed by atoms with Crippen molar-refractivity contribution in [2.75, 3.05) is 76.1 Å². The molecule has 0 radical (unpaired) electrons. The summed E-state index contributed by atoms with van der Waals surface area (Å²) in [6, 6.07) is 11.3. The topological polar surface area (TPSA) is 169 Å². The molecule has 0 N–H and O–H groups in total. The van der Waals surface area contributed by atoms with E-state index in [1.54, 1.807) is 18.2 Å². The van der Waals surface area contributed by atoms with Crippen LogP contribution in [-0.2, 0) is 25.5 Å². The molecule has 75 heavy (non-hydrogen) atoms. The summed E-state index contributed by atoms with van der Waals surface area (Å²) in [7, 11) is 1.56. The summed E-state index contributed by atoms with van der Waals surface area (Å²) in [6.07, 6.45) is 9.45. The lowest BCUT2D eigenvalue weighted by Crippen LogP contribution is -2.57. The van der Waals surface area contributed by atoms with Gasteiger partial charge in [-0.15, -0.1) is 0 Å². The van der Waals surface area contributed by atoms with E-state index in [1.807, 2.05) is 69.9 Å². The van der Waals surface area contributed by atoms with E-state index in [-0.39, 0.29) is 66.1 Å². The van der Waals surface area contributed by atoms with Crippen LogP contribution < -0.4 is 19.3 Å². The molecule has 10 rings (SSSR count). The highest BCUT2D eigenvalue weighted by atomic mass is 19.1. The molecular weight excluding hydrogens is 958 g/mol. The van der Waals surface area contributed by atoms with Crippen molar-refractivity contribution < 1.29 is 42.2 Å². The first-order valence-electron chi connectivity index (χ1n) is 27.3. The van der Waals surface area contributed by atoms with Gasteiger partial charge in [-0.25, -0.2) is 9.18 Å². The first-order chi connectivity index (χ1) is 36.1. The van der Waals surface area contributed by atoms with Crippen molar-refractivity contribution in [2.45, 2.75) is 136 Å². The highest BCUT2D eigenvalue weighted by molar-refractivity contribution is 6.02. The maximum Gasteiger partial charge on any atom is 0.410 e. The standard InChI is InChI=1S/C57H74FN9O8/c1-9-38-12-10-13-39-23-43(73-33-71-8)24-44(49(38)39)51-50(58)52-45(26-59-51)53(65-29-40-15-16-41(30-65)67(40)56(70)74-57(5,6)7)61-55(60-52)72-32-35(4)63-20-17-36(18-21-63)22-37-27-64(28-37)47-25-46(75-62-47)48(34(2)3)54(69)66-19-11-14-42(66)31-68/h10,12-13,23-26,31,34-37,40-42,48H,9,11,14-22,27-30,32-33H2,1-8H3/t35-,40?,41?,42-,48?/m0/s1. The van der Waals surface area contributed by atoms with E-state index in [0.29, 0.717) is 72.8 Å². The fraction of sp³-hybridized carbons (Fsp3) is 0.596. The number of halogens is 1. The number of anilines is 2. The fourth-order valence-electron chi connectivity index (χ4n) is 12.4. The van der Waals surface area contributed by atoms with Crippen LogP contribution in [0.25, 0.3) is 32.9 Å². The Labute approximate surface area is 439 Å². The number of piperidine rings is 1. The number of hydrogen-bond donors (Lipinski definition) is 0. The zero-order valence-corrected chi connectivity index (χ0v) is 44.9. The lowest BCUT2D eigenvalue weighted by Gasteiger charge is -2.43. The molecule has 2 amide bonds. The Morgan fingerprint density at radius 3 is 2.37 bits per heavy atom. The van der Waals surface area contributed by atoms with Gasteiger partial charge in [0, 0.05) is 63.7 Å². The molecule has 5 aliphatic rings. The molecule has 2 bridgehead atoms. The third-order valence-electron chi connectivity index (χ3n) is 16.2. The van der Waals surface area contributed by atoms with Crippen molar-refractivity contribution in [3.05, 3.63) is 59.7 Å². The quantitative estimate of drug-likeness (QED) is 0.0638. The largest absolute Gasteiger partial charge is 0.468 e. The van der Waals surface area contributed by atoms with Gasteiger partial charge in [0.1, 0.15) is 47.2 Å². The number of nitrogens with zero attached hydrogens (tertiary/aromatic N) is 9. The molecule has 5 atom stereocenters. The third kappa shape index (κ3) is 10.8. The first kappa shape index (κ1) is 52.3. The maximum atomic E-state index is 17.6. The third-order valence-corrected chi connectivity index (χ3v) is 16.2. The average Bonchev–Trinajstić information content (AvgIpc) is 4.14. The van der Waals surface area contributed by atoms with Gasteiger partial charge in [-0.1, -0.05) is 44.1 Å². The Morgan fingerprint density at radius 2 is 1.68 bits per heavy atom. The molecule has 3 aromatic heterocycles. The van der Waals surface area contributed by atoms with Gasteiger partial charge in [0.15, 0.2) is 24.2 Å². The molecule has 18 heteroatoms. The molecule has 0 spiro atoms. The van der Waals surface area contributed by atoms with Gasteiger partial charge in [0.05, 0.1) is 23.5 Å². The van der Waals surface area contributed by atoms with E-state index in [2.05, 4.69) is 39.8 Å². The lowest BCUT2D eigenvalue weighted by atomic mass is 9.83. The SMILES string of the molecule is CCc1cccc2cc(OCOC)cc(-c3ncc4c(N5CC6CCC(C5)N6C(=O)OC(C)(C)C)nc(OC[C@H](C)N5CCC(CC6CN(c7cc(C(C(=O)N8CCC[C@H]8C=O)C(C)C)on7)C6)CC5)nc4c3F)c12. The molecule has 402 valence electrons. The number of carbonyl (C=O) groups excluding carboxylic acids is 3. The number of pyridine rings is 1. The number of aryl methyl sites for hydroxylation is 1. The Balaban J connectivity index is 0.825. The van der Waals surface area contributed by atoms with Crippen molar-refractivity contribution >= 4 is 51.6 Å². The van der Waals surface area contributed by atoms with Crippen LogP contribution in [0.3, 0.4) is 0 Å². The van der Waals surface area contributed by atoms with Crippen LogP contribution in [-0.4, -0.2) is 149 Å². The number of ether oxygens (including phenoxy) is 4. The zero-order chi connectivity index (χ0) is 52.7. The van der Waals surface area contributed by atoms with Crippen molar-refractivity contribution in [2.24, 2.45) is 17.8 Å². The Morgan fingerprint density at radius 1 is 0.920 bits per heavy atom. The smallest absolute Gasteiger partial charge is 0.410 e. The van der Waals surface area contributed by atoms with E-state index < -0.39 is 17.3 Å². The number of aromatic nitrogens is 4. The highest BCUT2D eigenvalue weighted by Gasteiger charge is 2.46. The van der Waals surface area contributed by atoms with E-state index in [0.717, 1.165) is 99.6 Å². The second-order valence-electron chi connectivity index (χ2n) is 22.9. The summed E-state index contributed by atoms with van der Waals surface area (Å²) in [5, 5.41) is 6.65. The molecule has 5 aromatic rings. The molecule has 0 aliphatic carbocycles. The van der Waals surface area contributed by atoms with Gasteiger partial charge >= 0.3 is 12.1 Å². The van der Waals surface area contributed by atoms with Gasteiger partial charge in [0.25, 0.3) is 0 Å². The molecule has 5 fully saturated rings. The number of benzene rings is 2. The minimum atomic E-state index is -0.623.